The fraction of sp³-hybridized carbons (Fsp3) is 0.600. The van der Waals surface area contributed by atoms with Crippen LogP contribution in [0, 0.1) is 0 Å². The van der Waals surface area contributed by atoms with Crippen LogP contribution in [0.5, 0.6) is 5.75 Å². The van der Waals surface area contributed by atoms with E-state index in [1.807, 2.05) is 12.1 Å². The summed E-state index contributed by atoms with van der Waals surface area (Å²) < 4.78 is 10.9. The van der Waals surface area contributed by atoms with Crippen LogP contribution < -0.4 is 10.1 Å². The van der Waals surface area contributed by atoms with E-state index in [-0.39, 0.29) is 5.60 Å². The fourth-order valence-electron chi connectivity index (χ4n) is 2.41. The molecule has 0 spiro atoms. The molecule has 1 aliphatic rings. The van der Waals surface area contributed by atoms with Crippen molar-refractivity contribution < 1.29 is 9.47 Å². The average molecular weight is 249 g/mol. The third kappa shape index (κ3) is 3.72. The van der Waals surface area contributed by atoms with Gasteiger partial charge < -0.3 is 14.8 Å². The van der Waals surface area contributed by atoms with Gasteiger partial charge in [-0.25, -0.2) is 0 Å². The minimum Gasteiger partial charge on any atom is -0.497 e. The summed E-state index contributed by atoms with van der Waals surface area (Å²) >= 11 is 0. The maximum atomic E-state index is 5.72. The summed E-state index contributed by atoms with van der Waals surface area (Å²) in [6.45, 7) is 6.08. The predicted molar refractivity (Wildman–Crippen MR) is 72.9 cm³/mol. The summed E-state index contributed by atoms with van der Waals surface area (Å²) in [4.78, 5) is 0. The van der Waals surface area contributed by atoms with Crippen molar-refractivity contribution in [1.82, 2.24) is 5.32 Å². The highest BCUT2D eigenvalue weighted by Crippen LogP contribution is 2.24. The molecule has 1 saturated heterocycles. The SMILES string of the molecule is COc1ccc(CNC2CCOC(C)(C)C2)cc1. The van der Waals surface area contributed by atoms with Crippen molar-refractivity contribution >= 4 is 0 Å². The number of hydrogen-bond acceptors (Lipinski definition) is 3. The molecule has 1 unspecified atom stereocenters. The zero-order chi connectivity index (χ0) is 13.0. The first kappa shape index (κ1) is 13.4. The molecule has 0 bridgehead atoms. The normalized spacial score (nSPS) is 22.7. The largest absolute Gasteiger partial charge is 0.497 e. The standard InChI is InChI=1S/C15H23NO2/c1-15(2)10-13(8-9-18-15)16-11-12-4-6-14(17-3)7-5-12/h4-7,13,16H,8-11H2,1-3H3. The van der Waals surface area contributed by atoms with Gasteiger partial charge in [0.15, 0.2) is 0 Å². The second kappa shape index (κ2) is 5.72. The van der Waals surface area contributed by atoms with E-state index >= 15 is 0 Å². The predicted octanol–water partition coefficient (Wildman–Crippen LogP) is 2.74. The quantitative estimate of drug-likeness (QED) is 0.890. The van der Waals surface area contributed by atoms with Crippen LogP contribution in [-0.4, -0.2) is 25.4 Å². The fourth-order valence-corrected chi connectivity index (χ4v) is 2.41. The van der Waals surface area contributed by atoms with Gasteiger partial charge in [-0.15, -0.1) is 0 Å². The zero-order valence-corrected chi connectivity index (χ0v) is 11.5. The van der Waals surface area contributed by atoms with Crippen molar-refractivity contribution in [3.8, 4) is 5.75 Å². The summed E-state index contributed by atoms with van der Waals surface area (Å²) in [6, 6.07) is 8.78. The van der Waals surface area contributed by atoms with Crippen LogP contribution in [0.25, 0.3) is 0 Å². The van der Waals surface area contributed by atoms with Crippen LogP contribution in [0.2, 0.25) is 0 Å². The molecule has 0 amide bonds. The maximum Gasteiger partial charge on any atom is 0.118 e. The Labute approximate surface area is 109 Å². The van der Waals surface area contributed by atoms with Gasteiger partial charge in [0.25, 0.3) is 0 Å². The Balaban J connectivity index is 1.83. The molecule has 0 aromatic heterocycles. The molecule has 0 saturated carbocycles. The van der Waals surface area contributed by atoms with Crippen LogP contribution in [0.3, 0.4) is 0 Å². The van der Waals surface area contributed by atoms with E-state index < -0.39 is 0 Å². The second-order valence-corrected chi connectivity index (χ2v) is 5.53. The Morgan fingerprint density at radius 2 is 2.06 bits per heavy atom. The molecule has 1 atom stereocenters. The molecule has 1 fully saturated rings. The van der Waals surface area contributed by atoms with E-state index in [0.29, 0.717) is 6.04 Å². The Bertz CT molecular complexity index is 373. The van der Waals surface area contributed by atoms with Crippen LogP contribution in [-0.2, 0) is 11.3 Å². The Hall–Kier alpha value is -1.06. The Morgan fingerprint density at radius 1 is 1.33 bits per heavy atom. The van der Waals surface area contributed by atoms with Gasteiger partial charge in [-0.3, -0.25) is 0 Å². The van der Waals surface area contributed by atoms with Gasteiger partial charge in [0.05, 0.1) is 12.7 Å². The Kier molecular flexibility index (Phi) is 4.25. The first-order valence-corrected chi connectivity index (χ1v) is 6.59. The van der Waals surface area contributed by atoms with Gasteiger partial charge in [0.1, 0.15) is 5.75 Å². The van der Waals surface area contributed by atoms with Crippen LogP contribution >= 0.6 is 0 Å². The molecular weight excluding hydrogens is 226 g/mol. The van der Waals surface area contributed by atoms with Gasteiger partial charge >= 0.3 is 0 Å². The maximum absolute atomic E-state index is 5.72. The first-order chi connectivity index (χ1) is 8.59. The van der Waals surface area contributed by atoms with Gasteiger partial charge in [-0.2, -0.15) is 0 Å². The van der Waals surface area contributed by atoms with Gasteiger partial charge in [-0.1, -0.05) is 12.1 Å². The van der Waals surface area contributed by atoms with Gasteiger partial charge in [0, 0.05) is 19.2 Å². The van der Waals surface area contributed by atoms with E-state index in [2.05, 4.69) is 31.3 Å². The van der Waals surface area contributed by atoms with E-state index in [0.717, 1.165) is 31.7 Å². The molecule has 1 N–H and O–H groups in total. The molecule has 1 heterocycles. The minimum absolute atomic E-state index is 0.00975. The molecule has 18 heavy (non-hydrogen) atoms. The summed E-state index contributed by atoms with van der Waals surface area (Å²) in [5, 5.41) is 3.61. The smallest absolute Gasteiger partial charge is 0.118 e. The molecule has 0 aliphatic carbocycles. The number of methoxy groups -OCH3 is 1. The second-order valence-electron chi connectivity index (χ2n) is 5.53. The lowest BCUT2D eigenvalue weighted by atomic mass is 9.94. The molecule has 3 heteroatoms. The first-order valence-electron chi connectivity index (χ1n) is 6.59. The molecule has 1 aromatic carbocycles. The van der Waals surface area contributed by atoms with Gasteiger partial charge in [-0.05, 0) is 44.4 Å². The monoisotopic (exact) mass is 249 g/mol. The minimum atomic E-state index is 0.00975. The lowest BCUT2D eigenvalue weighted by Gasteiger charge is -2.36. The molecule has 1 aromatic rings. The van der Waals surface area contributed by atoms with Crippen molar-refractivity contribution in [2.24, 2.45) is 0 Å². The van der Waals surface area contributed by atoms with Crippen molar-refractivity contribution in [3.05, 3.63) is 29.8 Å². The van der Waals surface area contributed by atoms with Crippen molar-refractivity contribution in [3.63, 3.8) is 0 Å². The molecule has 1 aliphatic heterocycles. The van der Waals surface area contributed by atoms with Crippen LogP contribution in [0.1, 0.15) is 32.3 Å². The molecule has 3 nitrogen and oxygen atoms in total. The third-order valence-corrected chi connectivity index (χ3v) is 3.45. The topological polar surface area (TPSA) is 30.5 Å². The summed E-state index contributed by atoms with van der Waals surface area (Å²) in [7, 11) is 1.69. The molecule has 2 rings (SSSR count). The zero-order valence-electron chi connectivity index (χ0n) is 11.5. The summed E-state index contributed by atoms with van der Waals surface area (Å²) in [5.74, 6) is 0.908. The summed E-state index contributed by atoms with van der Waals surface area (Å²) in [6.07, 6.45) is 2.17. The molecule has 0 radical (unpaired) electrons. The highest BCUT2D eigenvalue weighted by molar-refractivity contribution is 5.27. The average Bonchev–Trinajstić information content (AvgIpc) is 2.36. The lowest BCUT2D eigenvalue weighted by molar-refractivity contribution is -0.0630. The highest BCUT2D eigenvalue weighted by atomic mass is 16.5. The third-order valence-electron chi connectivity index (χ3n) is 3.45. The highest BCUT2D eigenvalue weighted by Gasteiger charge is 2.28. The number of hydrogen-bond donors (Lipinski definition) is 1. The van der Waals surface area contributed by atoms with E-state index in [1.165, 1.54) is 5.56 Å². The number of ether oxygens (including phenoxy) is 2. The number of nitrogens with one attached hydrogen (secondary N) is 1. The van der Waals surface area contributed by atoms with Crippen molar-refractivity contribution in [2.45, 2.75) is 44.9 Å². The van der Waals surface area contributed by atoms with Gasteiger partial charge in [0.2, 0.25) is 0 Å². The van der Waals surface area contributed by atoms with E-state index in [9.17, 15) is 0 Å². The van der Waals surface area contributed by atoms with Crippen molar-refractivity contribution in [2.75, 3.05) is 13.7 Å². The molecular formula is C15H23NO2. The van der Waals surface area contributed by atoms with Crippen LogP contribution in [0.4, 0.5) is 0 Å². The number of rotatable bonds is 4. The summed E-state index contributed by atoms with van der Waals surface area (Å²) in [5.41, 5.74) is 1.30. The number of benzene rings is 1. The van der Waals surface area contributed by atoms with Crippen LogP contribution in [0.15, 0.2) is 24.3 Å². The van der Waals surface area contributed by atoms with E-state index in [1.54, 1.807) is 7.11 Å². The van der Waals surface area contributed by atoms with Crippen molar-refractivity contribution in [1.29, 1.82) is 0 Å². The molecule has 100 valence electrons. The Morgan fingerprint density at radius 3 is 2.67 bits per heavy atom. The lowest BCUT2D eigenvalue weighted by Crippen LogP contribution is -2.43. The van der Waals surface area contributed by atoms with E-state index in [4.69, 9.17) is 9.47 Å².